The quantitative estimate of drug-likeness (QED) is 0.0841. The zero-order valence-corrected chi connectivity index (χ0v) is 23.8. The molecule has 0 bridgehead atoms. The molecule has 0 amide bonds. The van der Waals surface area contributed by atoms with Gasteiger partial charge >= 0.3 is 34.1 Å². The Morgan fingerprint density at radius 2 is 1.10 bits per heavy atom. The van der Waals surface area contributed by atoms with Crippen molar-refractivity contribution in [3.63, 3.8) is 0 Å². The molecular formula is C36H26Fe2N2. The second-order valence-electron chi connectivity index (χ2n) is 8.07. The molecule has 4 radical (unpaired) electrons. The molecular weight excluding hydrogens is 572 g/mol. The van der Waals surface area contributed by atoms with Crippen LogP contribution in [0.15, 0.2) is 138 Å². The molecule has 40 heavy (non-hydrogen) atoms. The Kier molecular flexibility index (Phi) is 15.7. The molecule has 0 saturated heterocycles. The van der Waals surface area contributed by atoms with E-state index in [2.05, 4.69) is 33.9 Å². The Hall–Kier alpha value is -3.75. The minimum Gasteiger partial charge on any atom is -0.326 e. The van der Waals surface area contributed by atoms with E-state index in [0.29, 0.717) is 0 Å². The summed E-state index contributed by atoms with van der Waals surface area (Å²) in [5.74, 6) is 12.6. The monoisotopic (exact) mass is 598 g/mol. The molecule has 2 nitrogen and oxygen atoms in total. The van der Waals surface area contributed by atoms with Gasteiger partial charge in [-0.25, -0.2) is 12.1 Å². The molecule has 0 atom stereocenters. The first-order chi connectivity index (χ1) is 18.8. The van der Waals surface area contributed by atoms with Crippen LogP contribution in [0.4, 0.5) is 11.4 Å². The van der Waals surface area contributed by atoms with Crippen molar-refractivity contribution in [2.75, 3.05) is 0 Å². The van der Waals surface area contributed by atoms with Crippen LogP contribution in [0.5, 0.6) is 0 Å². The summed E-state index contributed by atoms with van der Waals surface area (Å²) in [4.78, 5) is 0. The number of azo groups is 1. The third-order valence-electron chi connectivity index (χ3n) is 5.13. The van der Waals surface area contributed by atoms with Gasteiger partial charge in [-0.15, -0.1) is 35.1 Å². The molecule has 6 rings (SSSR count). The van der Waals surface area contributed by atoms with Gasteiger partial charge in [0.15, 0.2) is 0 Å². The average molecular weight is 598 g/mol. The smallest absolute Gasteiger partial charge is 0.326 e. The van der Waals surface area contributed by atoms with Gasteiger partial charge in [0.05, 0.1) is 11.4 Å². The van der Waals surface area contributed by atoms with Crippen LogP contribution in [0.2, 0.25) is 0 Å². The van der Waals surface area contributed by atoms with Gasteiger partial charge in [0, 0.05) is 11.1 Å². The van der Waals surface area contributed by atoms with Crippen molar-refractivity contribution in [1.82, 2.24) is 0 Å². The molecule has 1 aliphatic rings. The summed E-state index contributed by atoms with van der Waals surface area (Å²) in [5, 5.41) is 8.63. The summed E-state index contributed by atoms with van der Waals surface area (Å²) in [7, 11) is 0. The van der Waals surface area contributed by atoms with Gasteiger partial charge in [0.25, 0.3) is 0 Å². The molecule has 0 spiro atoms. The van der Waals surface area contributed by atoms with Gasteiger partial charge in [-0.05, 0) is 42.5 Å². The van der Waals surface area contributed by atoms with Crippen LogP contribution >= 0.6 is 0 Å². The molecule has 1 saturated carbocycles. The van der Waals surface area contributed by atoms with E-state index in [4.69, 9.17) is 0 Å². The van der Waals surface area contributed by atoms with Crippen LogP contribution in [-0.4, -0.2) is 0 Å². The molecule has 4 heteroatoms. The van der Waals surface area contributed by atoms with Crippen molar-refractivity contribution in [3.8, 4) is 23.7 Å². The Morgan fingerprint density at radius 3 is 1.60 bits per heavy atom. The molecule has 1 fully saturated rings. The van der Waals surface area contributed by atoms with E-state index >= 15 is 0 Å². The predicted octanol–water partition coefficient (Wildman–Crippen LogP) is 8.76. The van der Waals surface area contributed by atoms with Crippen molar-refractivity contribution in [2.45, 2.75) is 0 Å². The molecule has 0 aromatic heterocycles. The van der Waals surface area contributed by atoms with Gasteiger partial charge < -0.3 is 6.42 Å². The number of rotatable bonds is 2. The van der Waals surface area contributed by atoms with E-state index in [-0.39, 0.29) is 34.1 Å². The van der Waals surface area contributed by atoms with Crippen molar-refractivity contribution < 1.29 is 34.1 Å². The Labute approximate surface area is 260 Å². The fraction of sp³-hybridized carbons (Fsp3) is 0. The maximum Gasteiger partial charge on any atom is 2.00 e. The normalized spacial score (nSPS) is 11.1. The summed E-state index contributed by atoms with van der Waals surface area (Å²) >= 11 is 0. The molecule has 196 valence electrons. The summed E-state index contributed by atoms with van der Waals surface area (Å²) in [6, 6.07) is 41.4. The molecule has 0 N–H and O–H groups in total. The predicted molar refractivity (Wildman–Crippen MR) is 157 cm³/mol. The van der Waals surface area contributed by atoms with E-state index in [9.17, 15) is 0 Å². The van der Waals surface area contributed by atoms with Crippen LogP contribution in [0.25, 0.3) is 0 Å². The van der Waals surface area contributed by atoms with Crippen molar-refractivity contribution in [3.05, 3.63) is 182 Å². The number of hydrogen-bond donors (Lipinski definition) is 0. The number of nitrogens with zero attached hydrogens (tertiary/aromatic N) is 2. The van der Waals surface area contributed by atoms with Crippen molar-refractivity contribution in [2.24, 2.45) is 10.2 Å². The average Bonchev–Trinajstić information content (AvgIpc) is 3.81. The van der Waals surface area contributed by atoms with E-state index in [1.165, 1.54) is 0 Å². The van der Waals surface area contributed by atoms with Crippen LogP contribution in [0.3, 0.4) is 0 Å². The molecule has 5 aromatic carbocycles. The first-order valence-electron chi connectivity index (χ1n) is 12.3. The Bertz CT molecular complexity index is 1440. The topological polar surface area (TPSA) is 24.7 Å². The summed E-state index contributed by atoms with van der Waals surface area (Å²) in [6.45, 7) is 0. The molecule has 0 heterocycles. The van der Waals surface area contributed by atoms with Gasteiger partial charge in [-0.2, -0.15) is 89.5 Å². The third-order valence-corrected chi connectivity index (χ3v) is 5.13. The van der Waals surface area contributed by atoms with Crippen LogP contribution < -0.4 is 0 Å². The van der Waals surface area contributed by atoms with Crippen molar-refractivity contribution in [1.29, 1.82) is 0 Å². The SMILES string of the molecule is C(#Cc1ccc[cH-]1)c1ccc(N=Nc2cccc(C#Cc3ccc[cH-]3)c2)cc1.[CH]1[CH][CH][CH-][CH]1.[Fe+2].[Fe+2].c1cc[cH-]c1. The zero-order valence-electron chi connectivity index (χ0n) is 21.6. The van der Waals surface area contributed by atoms with E-state index in [1.807, 2.05) is 159 Å². The van der Waals surface area contributed by atoms with Gasteiger partial charge in [0.1, 0.15) is 0 Å². The van der Waals surface area contributed by atoms with E-state index < -0.39 is 0 Å². The zero-order chi connectivity index (χ0) is 26.1. The summed E-state index contributed by atoms with van der Waals surface area (Å²) in [6.07, 6.45) is 10.0. The Balaban J connectivity index is 0.000000392. The standard InChI is InChI=1S/C26H16N2.2C5H5.2Fe/c1-2-7-21(6-1)12-13-23-16-18-25(19-17-23)27-28-26-11-5-10-24(20-26)15-14-22-8-3-4-9-22;2*1-2-4-5-3-1;;/h1-11,16-20H;2*1-5H;;/q-2;2*-1;2*+2. The molecule has 5 aromatic rings. The molecule has 0 aliphatic heterocycles. The van der Waals surface area contributed by atoms with Gasteiger partial charge in [0.2, 0.25) is 0 Å². The largest absolute Gasteiger partial charge is 2.00 e. The van der Waals surface area contributed by atoms with Gasteiger partial charge in [-0.3, -0.25) is 0 Å². The van der Waals surface area contributed by atoms with E-state index in [1.54, 1.807) is 0 Å². The van der Waals surface area contributed by atoms with E-state index in [0.717, 1.165) is 33.6 Å². The summed E-state index contributed by atoms with van der Waals surface area (Å²) < 4.78 is 0. The first-order valence-corrected chi connectivity index (χ1v) is 12.3. The maximum atomic E-state index is 4.32. The second-order valence-corrected chi connectivity index (χ2v) is 8.07. The van der Waals surface area contributed by atoms with Gasteiger partial charge in [-0.1, -0.05) is 18.9 Å². The third kappa shape index (κ3) is 12.4. The van der Waals surface area contributed by atoms with Crippen molar-refractivity contribution >= 4 is 11.4 Å². The minimum atomic E-state index is 0. The molecule has 1 aliphatic carbocycles. The number of benzene rings is 2. The van der Waals surface area contributed by atoms with Crippen LogP contribution in [-0.2, 0) is 34.1 Å². The minimum absolute atomic E-state index is 0. The summed E-state index contributed by atoms with van der Waals surface area (Å²) in [5.41, 5.74) is 5.45. The fourth-order valence-corrected chi connectivity index (χ4v) is 3.22. The number of hydrogen-bond acceptors (Lipinski definition) is 2. The second kappa shape index (κ2) is 19.3. The van der Waals surface area contributed by atoms with Crippen LogP contribution in [0, 0.1) is 55.8 Å². The maximum absolute atomic E-state index is 4.32. The molecule has 0 unspecified atom stereocenters. The Morgan fingerprint density at radius 1 is 0.500 bits per heavy atom. The first kappa shape index (κ1) is 32.5. The fourth-order valence-electron chi connectivity index (χ4n) is 3.22. The van der Waals surface area contributed by atoms with Crippen LogP contribution in [0.1, 0.15) is 22.3 Å².